The summed E-state index contributed by atoms with van der Waals surface area (Å²) in [5.74, 6) is 0. The van der Waals surface area contributed by atoms with Crippen molar-refractivity contribution in [3.05, 3.63) is 0 Å². The van der Waals surface area contributed by atoms with E-state index in [2.05, 4.69) is 11.8 Å². The zero-order chi connectivity index (χ0) is 12.3. The first-order valence-electron chi connectivity index (χ1n) is 4.23. The summed E-state index contributed by atoms with van der Waals surface area (Å²) >= 11 is 9.96. The maximum Gasteiger partial charge on any atom is 1.00 e. The summed E-state index contributed by atoms with van der Waals surface area (Å²) in [6, 6.07) is -0.552. The first-order chi connectivity index (χ1) is 6.69. The van der Waals surface area contributed by atoms with Crippen molar-refractivity contribution >= 4 is 40.1 Å². The third kappa shape index (κ3) is 6.03. The first kappa shape index (κ1) is 20.7. The predicted molar refractivity (Wildman–Crippen MR) is 62.5 cm³/mol. The molecule has 0 spiro atoms. The molecule has 0 aliphatic rings. The van der Waals surface area contributed by atoms with Crippen LogP contribution in [-0.4, -0.2) is 30.4 Å². The molecule has 0 N–H and O–H groups in total. The zero-order valence-corrected chi connectivity index (χ0v) is 16.1. The van der Waals surface area contributed by atoms with Crippen LogP contribution in [-0.2, 0) is 26.4 Å². The molecule has 92 valence electrons. The van der Waals surface area contributed by atoms with Gasteiger partial charge in [-0.3, -0.25) is 0 Å². The molecular weight excluding hydrogens is 320 g/mol. The second-order valence-electron chi connectivity index (χ2n) is 2.97. The Labute approximate surface area is 150 Å². The molecule has 5 nitrogen and oxygen atoms in total. The van der Waals surface area contributed by atoms with E-state index < -0.39 is 27.9 Å². The quantitative estimate of drug-likeness (QED) is 0.315. The first-order valence-corrected chi connectivity index (χ1v) is 8.96. The SMILES string of the molecule is CCOP([O-])(=S)N(C(C)C)S(=O)(=O)CCl.[K+]. The average Bonchev–Trinajstić information content (AvgIpc) is 2.01. The molecule has 0 aromatic rings. The second-order valence-corrected chi connectivity index (χ2v) is 8.68. The standard InChI is InChI=1S/C6H15ClNO4PS2.K/c1-4-12-13(9,14)8(6(2)3)15(10,11)5-7;/h6H,4-5H2,1-3H3,(H,9,14);/q;+1/p-1. The topological polar surface area (TPSA) is 69.7 Å². The maximum absolute atomic E-state index is 11.8. The van der Waals surface area contributed by atoms with Crippen LogP contribution >= 0.6 is 18.2 Å². The Morgan fingerprint density at radius 3 is 2.25 bits per heavy atom. The number of hydrogen-bond donors (Lipinski definition) is 0. The van der Waals surface area contributed by atoms with Gasteiger partial charge in [-0.2, -0.15) is 4.08 Å². The van der Waals surface area contributed by atoms with E-state index in [4.69, 9.17) is 16.1 Å². The van der Waals surface area contributed by atoms with Crippen molar-refractivity contribution in [1.82, 2.24) is 4.08 Å². The monoisotopic (exact) mass is 333 g/mol. The van der Waals surface area contributed by atoms with Crippen LogP contribution in [0.1, 0.15) is 20.8 Å². The van der Waals surface area contributed by atoms with Gasteiger partial charge in [0.2, 0.25) is 10.0 Å². The number of alkyl halides is 1. The molecule has 0 heterocycles. The average molecular weight is 334 g/mol. The van der Waals surface area contributed by atoms with Crippen LogP contribution in [0.15, 0.2) is 0 Å². The molecular formula is C6H14ClKNO4PS2. The van der Waals surface area contributed by atoms with Gasteiger partial charge in [-0.1, -0.05) is 11.8 Å². The van der Waals surface area contributed by atoms with Gasteiger partial charge in [0.25, 0.3) is 0 Å². The van der Waals surface area contributed by atoms with Crippen LogP contribution < -0.4 is 56.3 Å². The van der Waals surface area contributed by atoms with Crippen molar-refractivity contribution in [2.24, 2.45) is 0 Å². The van der Waals surface area contributed by atoms with Crippen molar-refractivity contribution in [3.8, 4) is 0 Å². The molecule has 0 aliphatic heterocycles. The van der Waals surface area contributed by atoms with Gasteiger partial charge in [-0.25, -0.2) is 8.42 Å². The van der Waals surface area contributed by atoms with Crippen LogP contribution in [0.5, 0.6) is 0 Å². The van der Waals surface area contributed by atoms with E-state index in [0.29, 0.717) is 4.08 Å². The number of nitrogens with zero attached hydrogens (tertiary/aromatic N) is 1. The summed E-state index contributed by atoms with van der Waals surface area (Å²) in [6.07, 6.45) is 0. The summed E-state index contributed by atoms with van der Waals surface area (Å²) in [4.78, 5) is 11.8. The summed E-state index contributed by atoms with van der Waals surface area (Å²) in [5, 5.41) is -0.668. The summed E-state index contributed by atoms with van der Waals surface area (Å²) in [7, 11) is -3.83. The van der Waals surface area contributed by atoms with E-state index in [9.17, 15) is 13.3 Å². The Morgan fingerprint density at radius 1 is 1.56 bits per heavy atom. The molecule has 0 amide bonds. The molecule has 0 bridgehead atoms. The third-order valence-electron chi connectivity index (χ3n) is 1.40. The molecule has 10 heteroatoms. The molecule has 16 heavy (non-hydrogen) atoms. The molecule has 0 aromatic carbocycles. The Balaban J connectivity index is 0. The Kier molecular flexibility index (Phi) is 11.1. The van der Waals surface area contributed by atoms with Crippen LogP contribution in [0, 0.1) is 0 Å². The normalized spacial score (nSPS) is 15.9. The van der Waals surface area contributed by atoms with Gasteiger partial charge in [0.1, 0.15) is 5.21 Å². The third-order valence-corrected chi connectivity index (χ3v) is 7.57. The van der Waals surface area contributed by atoms with E-state index in [1.54, 1.807) is 20.8 Å². The van der Waals surface area contributed by atoms with Gasteiger partial charge in [-0.05, 0) is 20.8 Å². The number of hydrogen-bond acceptors (Lipinski definition) is 5. The van der Waals surface area contributed by atoms with Crippen molar-refractivity contribution in [1.29, 1.82) is 0 Å². The predicted octanol–water partition coefficient (Wildman–Crippen LogP) is -2.15. The number of sulfonamides is 1. The van der Waals surface area contributed by atoms with Gasteiger partial charge in [-0.15, -0.1) is 11.6 Å². The van der Waals surface area contributed by atoms with E-state index >= 15 is 0 Å². The molecule has 0 saturated carbocycles. The molecule has 0 fully saturated rings. The van der Waals surface area contributed by atoms with Crippen molar-refractivity contribution in [3.63, 3.8) is 0 Å². The summed E-state index contributed by atoms with van der Waals surface area (Å²) in [6.45, 7) is 1.04. The van der Waals surface area contributed by atoms with Crippen molar-refractivity contribution in [2.75, 3.05) is 11.8 Å². The van der Waals surface area contributed by atoms with Gasteiger partial charge in [0, 0.05) is 12.6 Å². The van der Waals surface area contributed by atoms with Gasteiger partial charge >= 0.3 is 51.4 Å². The van der Waals surface area contributed by atoms with Gasteiger partial charge in [0.05, 0.1) is 6.64 Å². The van der Waals surface area contributed by atoms with Crippen molar-refractivity contribution in [2.45, 2.75) is 26.8 Å². The molecule has 0 aromatic heterocycles. The van der Waals surface area contributed by atoms with E-state index in [1.807, 2.05) is 0 Å². The van der Waals surface area contributed by atoms with Gasteiger partial charge < -0.3 is 9.42 Å². The van der Waals surface area contributed by atoms with E-state index in [-0.39, 0.29) is 58.0 Å². The number of rotatable bonds is 6. The minimum atomic E-state index is -3.83. The molecule has 1 atom stereocenters. The second kappa shape index (κ2) is 8.55. The van der Waals surface area contributed by atoms with Crippen LogP contribution in [0.2, 0.25) is 0 Å². The minimum absolute atomic E-state index is 0. The van der Waals surface area contributed by atoms with Crippen molar-refractivity contribution < 1.29 is 69.2 Å². The van der Waals surface area contributed by atoms with Crippen LogP contribution in [0.3, 0.4) is 0 Å². The van der Waals surface area contributed by atoms with Crippen LogP contribution in [0.25, 0.3) is 0 Å². The fraction of sp³-hybridized carbons (Fsp3) is 1.00. The summed E-state index contributed by atoms with van der Waals surface area (Å²) in [5.41, 5.74) is 0. The Morgan fingerprint density at radius 2 is 2.00 bits per heavy atom. The fourth-order valence-corrected chi connectivity index (χ4v) is 6.62. The van der Waals surface area contributed by atoms with Crippen LogP contribution in [0.4, 0.5) is 0 Å². The van der Waals surface area contributed by atoms with E-state index in [1.165, 1.54) is 0 Å². The van der Waals surface area contributed by atoms with E-state index in [0.717, 1.165) is 0 Å². The molecule has 0 aliphatic carbocycles. The molecule has 0 rings (SSSR count). The fourth-order valence-electron chi connectivity index (χ4n) is 1.03. The minimum Gasteiger partial charge on any atom is -0.789 e. The summed E-state index contributed by atoms with van der Waals surface area (Å²) < 4.78 is 28.5. The van der Waals surface area contributed by atoms with Gasteiger partial charge in [0.15, 0.2) is 0 Å². The Hall–Kier alpha value is 2.41. The Bertz CT molecular complexity index is 350. The number of halogens is 1. The smallest absolute Gasteiger partial charge is 0.789 e. The largest absolute Gasteiger partial charge is 1.00 e. The molecule has 0 radical (unpaired) electrons. The maximum atomic E-state index is 11.8. The zero-order valence-electron chi connectivity index (χ0n) is 9.71. The molecule has 0 saturated heterocycles. The molecule has 1 unspecified atom stereocenters.